The van der Waals surface area contributed by atoms with Gasteiger partial charge in [-0.2, -0.15) is 0 Å². The van der Waals surface area contributed by atoms with E-state index >= 15 is 0 Å². The molecule has 0 aliphatic heterocycles. The number of anilines is 1. The predicted octanol–water partition coefficient (Wildman–Crippen LogP) is 2.43. The molecule has 2 rings (SSSR count). The van der Waals surface area contributed by atoms with Crippen LogP contribution in [0.15, 0.2) is 6.20 Å². The fraction of sp³-hybridized carbons (Fsp3) is 0.700. The molecule has 0 amide bonds. The number of hydrogen-bond acceptors (Lipinski definition) is 4. The maximum Gasteiger partial charge on any atom is 0.180 e. The van der Waals surface area contributed by atoms with E-state index in [0.717, 1.165) is 12.5 Å². The fourth-order valence-corrected chi connectivity index (χ4v) is 2.25. The Hall–Kier alpha value is -0.320. The molecule has 3 nitrogen and oxygen atoms in total. The van der Waals surface area contributed by atoms with Gasteiger partial charge in [-0.1, -0.05) is 12.8 Å². The molecule has 1 heterocycles. The van der Waals surface area contributed by atoms with Gasteiger partial charge in [-0.05, 0) is 19.3 Å². The Balaban J connectivity index is 0.00000112. The maximum atomic E-state index is 5.56. The summed E-state index contributed by atoms with van der Waals surface area (Å²) < 4.78 is 0. The van der Waals surface area contributed by atoms with E-state index in [4.69, 9.17) is 5.73 Å². The lowest BCUT2D eigenvalue weighted by Gasteiger charge is -2.11. The Morgan fingerprint density at radius 1 is 1.67 bits per heavy atom. The molecule has 1 unspecified atom stereocenters. The van der Waals surface area contributed by atoms with Gasteiger partial charge >= 0.3 is 0 Å². The van der Waals surface area contributed by atoms with Crippen LogP contribution in [0, 0.1) is 5.92 Å². The van der Waals surface area contributed by atoms with Crippen LogP contribution in [-0.4, -0.2) is 11.0 Å². The number of nitrogens with zero attached hydrogens (tertiary/aromatic N) is 1. The number of nitrogens with one attached hydrogen (secondary N) is 1. The molecular weight excluding hydrogens is 230 g/mol. The normalized spacial score (nSPS) is 17.1. The van der Waals surface area contributed by atoms with E-state index < -0.39 is 0 Å². The van der Waals surface area contributed by atoms with Crippen LogP contribution in [0.25, 0.3) is 0 Å². The van der Waals surface area contributed by atoms with Crippen LogP contribution in [0.4, 0.5) is 5.13 Å². The van der Waals surface area contributed by atoms with Gasteiger partial charge in [-0.25, -0.2) is 4.98 Å². The third-order valence-electron chi connectivity index (χ3n) is 2.58. The quantitative estimate of drug-likeness (QED) is 0.840. The molecule has 1 aromatic heterocycles. The van der Waals surface area contributed by atoms with E-state index in [1.807, 2.05) is 6.20 Å². The van der Waals surface area contributed by atoms with Crippen molar-refractivity contribution in [1.82, 2.24) is 10.3 Å². The van der Waals surface area contributed by atoms with Crippen molar-refractivity contribution in [2.24, 2.45) is 5.92 Å². The highest BCUT2D eigenvalue weighted by Crippen LogP contribution is 2.33. The topological polar surface area (TPSA) is 50.9 Å². The van der Waals surface area contributed by atoms with Crippen molar-refractivity contribution in [3.05, 3.63) is 11.1 Å². The summed E-state index contributed by atoms with van der Waals surface area (Å²) in [6.07, 6.45) is 6.03. The van der Waals surface area contributed by atoms with Gasteiger partial charge in [-0.15, -0.1) is 23.7 Å². The summed E-state index contributed by atoms with van der Waals surface area (Å²) in [5.41, 5.74) is 5.56. The Kier molecular flexibility index (Phi) is 4.83. The number of nitrogen functional groups attached to an aromatic ring is 1. The summed E-state index contributed by atoms with van der Waals surface area (Å²) in [5.74, 6) is 0.990. The molecule has 15 heavy (non-hydrogen) atoms. The third kappa shape index (κ3) is 4.36. The lowest BCUT2D eigenvalue weighted by atomic mass is 10.1. The molecule has 0 aromatic carbocycles. The molecule has 1 fully saturated rings. The molecule has 1 aliphatic carbocycles. The van der Waals surface area contributed by atoms with E-state index in [1.165, 1.54) is 24.1 Å². The van der Waals surface area contributed by atoms with Crippen molar-refractivity contribution in [2.75, 3.05) is 5.73 Å². The van der Waals surface area contributed by atoms with Crippen LogP contribution in [-0.2, 0) is 6.54 Å². The maximum absolute atomic E-state index is 5.56. The zero-order valence-corrected chi connectivity index (χ0v) is 10.5. The molecule has 5 heteroatoms. The van der Waals surface area contributed by atoms with E-state index in [9.17, 15) is 0 Å². The monoisotopic (exact) mass is 247 g/mol. The average Bonchev–Trinajstić information content (AvgIpc) is 2.85. The van der Waals surface area contributed by atoms with E-state index in [-0.39, 0.29) is 12.4 Å². The molecule has 0 radical (unpaired) electrons. The van der Waals surface area contributed by atoms with Crippen LogP contribution in [0.2, 0.25) is 0 Å². The van der Waals surface area contributed by atoms with Gasteiger partial charge in [0.15, 0.2) is 5.13 Å². The Morgan fingerprint density at radius 3 is 2.93 bits per heavy atom. The second kappa shape index (κ2) is 5.68. The Bertz CT molecular complexity index is 299. The molecule has 0 saturated heterocycles. The molecule has 1 aromatic rings. The van der Waals surface area contributed by atoms with Crippen LogP contribution in [0.3, 0.4) is 0 Å². The summed E-state index contributed by atoms with van der Waals surface area (Å²) in [5, 5.41) is 4.16. The minimum Gasteiger partial charge on any atom is -0.375 e. The zero-order chi connectivity index (χ0) is 9.97. The largest absolute Gasteiger partial charge is 0.375 e. The molecule has 0 bridgehead atoms. The van der Waals surface area contributed by atoms with Crippen molar-refractivity contribution in [2.45, 2.75) is 38.8 Å². The fourth-order valence-electron chi connectivity index (χ4n) is 1.62. The van der Waals surface area contributed by atoms with Gasteiger partial charge in [0.05, 0.1) is 0 Å². The number of rotatable bonds is 5. The van der Waals surface area contributed by atoms with Crippen LogP contribution >= 0.6 is 23.7 Å². The molecule has 1 atom stereocenters. The van der Waals surface area contributed by atoms with Crippen molar-refractivity contribution < 1.29 is 0 Å². The first-order valence-corrected chi connectivity index (χ1v) is 5.99. The summed E-state index contributed by atoms with van der Waals surface area (Å²) in [7, 11) is 0. The van der Waals surface area contributed by atoms with Crippen LogP contribution < -0.4 is 11.1 Å². The van der Waals surface area contributed by atoms with Crippen molar-refractivity contribution in [3.63, 3.8) is 0 Å². The smallest absolute Gasteiger partial charge is 0.180 e. The summed E-state index contributed by atoms with van der Waals surface area (Å²) in [6, 6.07) is 0.617. The lowest BCUT2D eigenvalue weighted by Crippen LogP contribution is -2.25. The van der Waals surface area contributed by atoms with Gasteiger partial charge in [0, 0.05) is 23.7 Å². The molecule has 86 valence electrons. The summed E-state index contributed by atoms with van der Waals surface area (Å²) in [6.45, 7) is 3.16. The first kappa shape index (κ1) is 12.7. The van der Waals surface area contributed by atoms with Crippen LogP contribution in [0.1, 0.15) is 31.1 Å². The first-order chi connectivity index (χ1) is 6.74. The number of thiazole rings is 1. The van der Waals surface area contributed by atoms with Gasteiger partial charge in [0.25, 0.3) is 0 Å². The van der Waals surface area contributed by atoms with E-state index in [1.54, 1.807) is 11.3 Å². The minimum atomic E-state index is 0. The SMILES string of the molecule is CC(CC1CC1)NCc1cnc(N)s1.Cl. The lowest BCUT2D eigenvalue weighted by molar-refractivity contribution is 0.489. The van der Waals surface area contributed by atoms with Gasteiger partial charge in [0.2, 0.25) is 0 Å². The van der Waals surface area contributed by atoms with Gasteiger partial charge < -0.3 is 11.1 Å². The van der Waals surface area contributed by atoms with Crippen molar-refractivity contribution in [1.29, 1.82) is 0 Å². The van der Waals surface area contributed by atoms with Crippen molar-refractivity contribution in [3.8, 4) is 0 Å². The number of aromatic nitrogens is 1. The summed E-state index contributed by atoms with van der Waals surface area (Å²) in [4.78, 5) is 5.25. The number of halogens is 1. The van der Waals surface area contributed by atoms with E-state index in [0.29, 0.717) is 11.2 Å². The highest BCUT2D eigenvalue weighted by Gasteiger charge is 2.23. The summed E-state index contributed by atoms with van der Waals surface area (Å²) >= 11 is 1.57. The first-order valence-electron chi connectivity index (χ1n) is 5.17. The molecular formula is C10H18ClN3S. The van der Waals surface area contributed by atoms with Gasteiger partial charge in [-0.3, -0.25) is 0 Å². The Labute approximate surface area is 101 Å². The van der Waals surface area contributed by atoms with Crippen molar-refractivity contribution >= 4 is 28.9 Å². The second-order valence-corrected chi connectivity index (χ2v) is 5.27. The highest BCUT2D eigenvalue weighted by atomic mass is 35.5. The van der Waals surface area contributed by atoms with Gasteiger partial charge in [0.1, 0.15) is 0 Å². The third-order valence-corrected chi connectivity index (χ3v) is 3.41. The molecule has 1 aliphatic rings. The van der Waals surface area contributed by atoms with E-state index in [2.05, 4.69) is 17.2 Å². The second-order valence-electron chi connectivity index (χ2n) is 4.13. The molecule has 3 N–H and O–H groups in total. The zero-order valence-electron chi connectivity index (χ0n) is 8.90. The predicted molar refractivity (Wildman–Crippen MR) is 67.4 cm³/mol. The highest BCUT2D eigenvalue weighted by molar-refractivity contribution is 7.15. The number of hydrogen-bond donors (Lipinski definition) is 2. The molecule has 0 spiro atoms. The minimum absolute atomic E-state index is 0. The standard InChI is InChI=1S/C10H17N3S.ClH/c1-7(4-8-2-3-8)12-5-9-6-13-10(11)14-9;/h6-8,12H,2-5H2,1H3,(H2,11,13);1H. The van der Waals surface area contributed by atoms with Crippen LogP contribution in [0.5, 0.6) is 0 Å². The molecule has 1 saturated carbocycles. The average molecular weight is 248 g/mol. The number of nitrogens with two attached hydrogens (primary N) is 1. The Morgan fingerprint density at radius 2 is 2.40 bits per heavy atom.